The largest absolute Gasteiger partial charge is 0.495 e. The van der Waals surface area contributed by atoms with Crippen LogP contribution in [0.25, 0.3) is 0 Å². The Hall–Kier alpha value is -2.38. The van der Waals surface area contributed by atoms with Gasteiger partial charge in [0.25, 0.3) is 11.8 Å². The van der Waals surface area contributed by atoms with Crippen LogP contribution in [0.1, 0.15) is 27.0 Å². The molecule has 0 spiro atoms. The van der Waals surface area contributed by atoms with Crippen LogP contribution in [0, 0.1) is 0 Å². The monoisotopic (exact) mass is 334 g/mol. The van der Waals surface area contributed by atoms with Crippen molar-refractivity contribution in [3.05, 3.63) is 46.2 Å². The second kappa shape index (κ2) is 7.75. The Morgan fingerprint density at radius 1 is 1.22 bits per heavy atom. The standard InChI is InChI=1S/C16H18N2O4S/c1-10(9-19)17-15(20)11-3-5-12(6-4-11)18-16(21)14-13(22-2)7-8-23-14/h3-8,10,19H,9H2,1-2H3,(H,17,20)(H,18,21)/t10-/m0/s1. The summed E-state index contributed by atoms with van der Waals surface area (Å²) in [5, 5.41) is 16.1. The lowest BCUT2D eigenvalue weighted by Gasteiger charge is -2.11. The minimum Gasteiger partial charge on any atom is -0.495 e. The van der Waals surface area contributed by atoms with Crippen molar-refractivity contribution in [3.63, 3.8) is 0 Å². The Balaban J connectivity index is 2.02. The molecule has 0 saturated carbocycles. The number of anilines is 1. The SMILES string of the molecule is COc1ccsc1C(=O)Nc1ccc(C(=O)N[C@@H](C)CO)cc1. The van der Waals surface area contributed by atoms with E-state index in [9.17, 15) is 9.59 Å². The van der Waals surface area contributed by atoms with Crippen molar-refractivity contribution < 1.29 is 19.4 Å². The molecular formula is C16H18N2O4S. The molecule has 7 heteroatoms. The molecule has 0 bridgehead atoms. The Bertz CT molecular complexity index is 682. The van der Waals surface area contributed by atoms with E-state index in [1.165, 1.54) is 18.4 Å². The number of carbonyl (C=O) groups excluding carboxylic acids is 2. The van der Waals surface area contributed by atoms with E-state index < -0.39 is 0 Å². The number of methoxy groups -OCH3 is 1. The van der Waals surface area contributed by atoms with Gasteiger partial charge in [-0.15, -0.1) is 11.3 Å². The zero-order valence-electron chi connectivity index (χ0n) is 12.8. The summed E-state index contributed by atoms with van der Waals surface area (Å²) in [5.74, 6) is -0.00574. The molecule has 2 rings (SSSR count). The number of hydrogen-bond acceptors (Lipinski definition) is 5. The van der Waals surface area contributed by atoms with Gasteiger partial charge >= 0.3 is 0 Å². The van der Waals surface area contributed by atoms with Crippen LogP contribution in [0.4, 0.5) is 5.69 Å². The number of amides is 2. The molecule has 0 fully saturated rings. The third-order valence-corrected chi connectivity index (χ3v) is 4.01. The topological polar surface area (TPSA) is 87.7 Å². The number of benzene rings is 1. The van der Waals surface area contributed by atoms with Gasteiger partial charge in [-0.1, -0.05) is 0 Å². The zero-order chi connectivity index (χ0) is 16.8. The second-order valence-corrected chi connectivity index (χ2v) is 5.82. The first kappa shape index (κ1) is 17.0. The molecule has 122 valence electrons. The molecule has 0 radical (unpaired) electrons. The van der Waals surface area contributed by atoms with Crippen LogP contribution in [0.2, 0.25) is 0 Å². The van der Waals surface area contributed by atoms with E-state index in [1.807, 2.05) is 0 Å². The van der Waals surface area contributed by atoms with Gasteiger partial charge in [0.2, 0.25) is 0 Å². The van der Waals surface area contributed by atoms with E-state index in [2.05, 4.69) is 10.6 Å². The molecule has 3 N–H and O–H groups in total. The van der Waals surface area contributed by atoms with Crippen LogP contribution in [-0.4, -0.2) is 36.7 Å². The highest BCUT2D eigenvalue weighted by Crippen LogP contribution is 2.25. The van der Waals surface area contributed by atoms with Crippen molar-refractivity contribution in [1.82, 2.24) is 5.32 Å². The average Bonchev–Trinajstić information content (AvgIpc) is 3.04. The molecule has 1 aromatic heterocycles. The number of carbonyl (C=O) groups is 2. The van der Waals surface area contributed by atoms with E-state index in [0.717, 1.165) is 0 Å². The summed E-state index contributed by atoms with van der Waals surface area (Å²) in [5.41, 5.74) is 1.04. The van der Waals surface area contributed by atoms with Crippen molar-refractivity contribution in [2.45, 2.75) is 13.0 Å². The highest BCUT2D eigenvalue weighted by Gasteiger charge is 2.14. The van der Waals surface area contributed by atoms with E-state index in [0.29, 0.717) is 21.9 Å². The summed E-state index contributed by atoms with van der Waals surface area (Å²) >= 11 is 1.29. The van der Waals surface area contributed by atoms with Crippen LogP contribution in [0.5, 0.6) is 5.75 Å². The summed E-state index contributed by atoms with van der Waals surface area (Å²) in [6.07, 6.45) is 0. The smallest absolute Gasteiger partial charge is 0.269 e. The number of rotatable bonds is 6. The van der Waals surface area contributed by atoms with Crippen LogP contribution in [-0.2, 0) is 0 Å². The maximum Gasteiger partial charge on any atom is 0.269 e. The van der Waals surface area contributed by atoms with Gasteiger partial charge < -0.3 is 20.5 Å². The third-order valence-electron chi connectivity index (χ3n) is 3.11. The van der Waals surface area contributed by atoms with Crippen molar-refractivity contribution in [2.75, 3.05) is 19.0 Å². The second-order valence-electron chi connectivity index (χ2n) is 4.91. The lowest BCUT2D eigenvalue weighted by Crippen LogP contribution is -2.34. The van der Waals surface area contributed by atoms with Crippen molar-refractivity contribution in [2.24, 2.45) is 0 Å². The van der Waals surface area contributed by atoms with Gasteiger partial charge in [0, 0.05) is 17.3 Å². The number of ether oxygens (including phenoxy) is 1. The Labute approximate surface area is 138 Å². The summed E-state index contributed by atoms with van der Waals surface area (Å²) in [6.45, 7) is 1.59. The number of thiophene rings is 1. The third kappa shape index (κ3) is 4.30. The summed E-state index contributed by atoms with van der Waals surface area (Å²) in [7, 11) is 1.51. The molecule has 2 aromatic rings. The van der Waals surface area contributed by atoms with Crippen LogP contribution >= 0.6 is 11.3 Å². The van der Waals surface area contributed by atoms with Crippen molar-refractivity contribution in [1.29, 1.82) is 0 Å². The quantitative estimate of drug-likeness (QED) is 0.755. The van der Waals surface area contributed by atoms with Crippen LogP contribution < -0.4 is 15.4 Å². The maximum atomic E-state index is 12.2. The molecule has 0 aliphatic rings. The fraction of sp³-hybridized carbons (Fsp3) is 0.250. The lowest BCUT2D eigenvalue weighted by atomic mass is 10.2. The first-order chi connectivity index (χ1) is 11.0. The van der Waals surface area contributed by atoms with Gasteiger partial charge in [0.05, 0.1) is 13.7 Å². The molecule has 23 heavy (non-hydrogen) atoms. The van der Waals surface area contributed by atoms with Crippen LogP contribution in [0.15, 0.2) is 35.7 Å². The molecule has 2 amide bonds. The normalized spacial score (nSPS) is 11.6. The predicted octanol–water partition coefficient (Wildman–Crippen LogP) is 2.12. The highest BCUT2D eigenvalue weighted by molar-refractivity contribution is 7.12. The molecule has 1 atom stereocenters. The summed E-state index contributed by atoms with van der Waals surface area (Å²) in [4.78, 5) is 24.6. The van der Waals surface area contributed by atoms with E-state index in [4.69, 9.17) is 9.84 Å². The molecule has 6 nitrogen and oxygen atoms in total. The summed E-state index contributed by atoms with van der Waals surface area (Å²) < 4.78 is 5.12. The number of hydrogen-bond donors (Lipinski definition) is 3. The van der Waals surface area contributed by atoms with Gasteiger partial charge in [0.15, 0.2) is 0 Å². The first-order valence-corrected chi connectivity index (χ1v) is 7.87. The van der Waals surface area contributed by atoms with Gasteiger partial charge in [-0.3, -0.25) is 9.59 Å². The van der Waals surface area contributed by atoms with Gasteiger partial charge in [-0.25, -0.2) is 0 Å². The van der Waals surface area contributed by atoms with E-state index in [1.54, 1.807) is 42.6 Å². The van der Waals surface area contributed by atoms with E-state index >= 15 is 0 Å². The Morgan fingerprint density at radius 2 is 1.91 bits per heavy atom. The molecule has 0 unspecified atom stereocenters. The van der Waals surface area contributed by atoms with Gasteiger partial charge in [0.1, 0.15) is 10.6 Å². The van der Waals surface area contributed by atoms with Gasteiger partial charge in [-0.05, 0) is 42.6 Å². The molecule has 1 aromatic carbocycles. The van der Waals surface area contributed by atoms with Crippen molar-refractivity contribution >= 4 is 28.8 Å². The molecule has 0 aliphatic heterocycles. The summed E-state index contributed by atoms with van der Waals surface area (Å²) in [6, 6.07) is 7.94. The number of nitrogens with one attached hydrogen (secondary N) is 2. The fourth-order valence-corrected chi connectivity index (χ4v) is 2.62. The zero-order valence-corrected chi connectivity index (χ0v) is 13.6. The molecule has 0 aliphatic carbocycles. The average molecular weight is 334 g/mol. The fourth-order valence-electron chi connectivity index (χ4n) is 1.87. The Kier molecular flexibility index (Phi) is 5.72. The maximum absolute atomic E-state index is 12.2. The highest BCUT2D eigenvalue weighted by atomic mass is 32.1. The minimum atomic E-state index is -0.312. The lowest BCUT2D eigenvalue weighted by molar-refractivity contribution is 0.0922. The van der Waals surface area contributed by atoms with Gasteiger partial charge in [-0.2, -0.15) is 0 Å². The number of aliphatic hydroxyl groups is 1. The Morgan fingerprint density at radius 3 is 2.52 bits per heavy atom. The predicted molar refractivity (Wildman–Crippen MR) is 89.3 cm³/mol. The molecule has 1 heterocycles. The molecular weight excluding hydrogens is 316 g/mol. The molecule has 0 saturated heterocycles. The van der Waals surface area contributed by atoms with Crippen LogP contribution in [0.3, 0.4) is 0 Å². The minimum absolute atomic E-state index is 0.122. The van der Waals surface area contributed by atoms with E-state index in [-0.39, 0.29) is 24.5 Å². The van der Waals surface area contributed by atoms with Crippen molar-refractivity contribution in [3.8, 4) is 5.75 Å². The number of aliphatic hydroxyl groups excluding tert-OH is 1. The first-order valence-electron chi connectivity index (χ1n) is 6.99.